The van der Waals surface area contributed by atoms with Crippen molar-refractivity contribution in [1.29, 1.82) is 0 Å². The zero-order chi connectivity index (χ0) is 27.6. The van der Waals surface area contributed by atoms with Gasteiger partial charge < -0.3 is 15.0 Å². The molecule has 6 heterocycles. The number of piperazine rings is 1. The molecule has 2 aromatic carbocycles. The lowest BCUT2D eigenvalue weighted by Crippen LogP contribution is -2.52. The van der Waals surface area contributed by atoms with Gasteiger partial charge in [-0.1, -0.05) is 48.4 Å². The standard InChI is InChI=1S/C33H31FN6O/c1-2-21-7-3-8-22-9-4-10-25(27(21)22)29-28(34)30-26(17-35-29)31(39-18-23-11-12-24(19-39)36-23)38-32(37-30)41-20-33-13-5-15-40(33)16-6-14-33/h1,3-4,7-12,17,23-24,36H,5-6,13-16,18-20H2/t23-,24+. The van der Waals surface area contributed by atoms with E-state index in [9.17, 15) is 0 Å². The number of nitrogens with zero attached hydrogens (tertiary/aromatic N) is 5. The van der Waals surface area contributed by atoms with Gasteiger partial charge in [-0.25, -0.2) is 4.39 Å². The first kappa shape index (κ1) is 24.7. The fourth-order valence-electron chi connectivity index (χ4n) is 7.44. The van der Waals surface area contributed by atoms with Crippen LogP contribution in [0.5, 0.6) is 6.01 Å². The van der Waals surface area contributed by atoms with Gasteiger partial charge in [-0.15, -0.1) is 6.42 Å². The van der Waals surface area contributed by atoms with Crippen molar-refractivity contribution in [3.8, 4) is 29.6 Å². The van der Waals surface area contributed by atoms with Crippen LogP contribution in [0.2, 0.25) is 0 Å². The molecule has 8 rings (SSSR count). The summed E-state index contributed by atoms with van der Waals surface area (Å²) in [7, 11) is 0. The number of pyridine rings is 1. The van der Waals surface area contributed by atoms with E-state index in [1.807, 2.05) is 36.4 Å². The van der Waals surface area contributed by atoms with Crippen molar-refractivity contribution in [2.75, 3.05) is 37.7 Å². The van der Waals surface area contributed by atoms with E-state index in [4.69, 9.17) is 21.1 Å². The first-order chi connectivity index (χ1) is 20.1. The molecule has 2 atom stereocenters. The molecule has 41 heavy (non-hydrogen) atoms. The summed E-state index contributed by atoms with van der Waals surface area (Å²) in [5, 5.41) is 5.90. The minimum absolute atomic E-state index is 0.0348. The number of fused-ring (bicyclic) bond motifs is 5. The van der Waals surface area contributed by atoms with E-state index in [2.05, 4.69) is 38.2 Å². The van der Waals surface area contributed by atoms with E-state index in [1.54, 1.807) is 6.20 Å². The maximum atomic E-state index is 16.7. The van der Waals surface area contributed by atoms with Crippen LogP contribution < -0.4 is 15.0 Å². The van der Waals surface area contributed by atoms with Gasteiger partial charge in [0.25, 0.3) is 0 Å². The van der Waals surface area contributed by atoms with E-state index in [0.29, 0.717) is 28.9 Å². The van der Waals surface area contributed by atoms with Crippen LogP contribution in [0, 0.1) is 18.2 Å². The Labute approximate surface area is 238 Å². The largest absolute Gasteiger partial charge is 0.461 e. The summed E-state index contributed by atoms with van der Waals surface area (Å²) in [6.07, 6.45) is 16.5. The molecule has 0 aliphatic carbocycles. The fraction of sp³-hybridized carbons (Fsp3) is 0.364. The van der Waals surface area contributed by atoms with Gasteiger partial charge in [0.2, 0.25) is 0 Å². The van der Waals surface area contributed by atoms with E-state index in [1.165, 1.54) is 12.8 Å². The quantitative estimate of drug-likeness (QED) is 0.288. The van der Waals surface area contributed by atoms with Crippen LogP contribution in [-0.2, 0) is 0 Å². The molecule has 0 unspecified atom stereocenters. The number of rotatable bonds is 5. The Hall–Kier alpha value is -4.06. The topological polar surface area (TPSA) is 66.4 Å². The van der Waals surface area contributed by atoms with Crippen LogP contribution in [0.4, 0.5) is 10.2 Å². The highest BCUT2D eigenvalue weighted by molar-refractivity contribution is 6.02. The third-order valence-corrected chi connectivity index (χ3v) is 9.38. The second-order valence-corrected chi connectivity index (χ2v) is 11.7. The molecule has 206 valence electrons. The second kappa shape index (κ2) is 9.51. The molecular formula is C33H31FN6O. The summed E-state index contributed by atoms with van der Waals surface area (Å²) in [5.74, 6) is 2.93. The number of hydrogen-bond acceptors (Lipinski definition) is 7. The Balaban J connectivity index is 1.26. The third-order valence-electron chi connectivity index (χ3n) is 9.38. The van der Waals surface area contributed by atoms with Crippen LogP contribution in [0.3, 0.4) is 0 Å². The maximum Gasteiger partial charge on any atom is 0.319 e. The summed E-state index contributed by atoms with van der Waals surface area (Å²) in [6, 6.07) is 12.2. The predicted octanol–water partition coefficient (Wildman–Crippen LogP) is 4.69. The van der Waals surface area contributed by atoms with Crippen molar-refractivity contribution >= 4 is 27.5 Å². The molecule has 4 aromatic rings. The second-order valence-electron chi connectivity index (χ2n) is 11.7. The highest BCUT2D eigenvalue weighted by Gasteiger charge is 2.45. The maximum absolute atomic E-state index is 16.7. The van der Waals surface area contributed by atoms with Gasteiger partial charge >= 0.3 is 6.01 Å². The summed E-state index contributed by atoms with van der Waals surface area (Å²) in [5.41, 5.74) is 1.82. The van der Waals surface area contributed by atoms with Gasteiger partial charge in [0, 0.05) is 47.9 Å². The van der Waals surface area contributed by atoms with Crippen molar-refractivity contribution in [3.63, 3.8) is 0 Å². The van der Waals surface area contributed by atoms with Crippen LogP contribution in [0.15, 0.2) is 54.7 Å². The summed E-state index contributed by atoms with van der Waals surface area (Å²) in [6.45, 7) is 4.19. The molecule has 8 heteroatoms. The first-order valence-corrected chi connectivity index (χ1v) is 14.5. The fourth-order valence-corrected chi connectivity index (χ4v) is 7.44. The van der Waals surface area contributed by atoms with E-state index < -0.39 is 5.82 Å². The van der Waals surface area contributed by atoms with Crippen molar-refractivity contribution in [2.24, 2.45) is 0 Å². The molecule has 7 nitrogen and oxygen atoms in total. The number of halogens is 1. The number of terminal acetylenes is 1. The zero-order valence-electron chi connectivity index (χ0n) is 22.8. The Bertz CT molecular complexity index is 1730. The lowest BCUT2D eigenvalue weighted by molar-refractivity contribution is 0.108. The molecule has 0 amide bonds. The normalized spacial score (nSPS) is 22.9. The minimum atomic E-state index is -0.493. The number of benzene rings is 2. The smallest absolute Gasteiger partial charge is 0.319 e. The van der Waals surface area contributed by atoms with Crippen LogP contribution in [0.1, 0.15) is 31.2 Å². The molecule has 3 saturated heterocycles. The average molecular weight is 547 g/mol. The average Bonchev–Trinajstić information content (AvgIpc) is 3.69. The Morgan fingerprint density at radius 1 is 1.05 bits per heavy atom. The molecule has 0 radical (unpaired) electrons. The number of nitrogens with one attached hydrogen (secondary N) is 1. The van der Waals surface area contributed by atoms with Crippen LogP contribution in [-0.4, -0.2) is 70.3 Å². The van der Waals surface area contributed by atoms with Gasteiger partial charge in [-0.3, -0.25) is 9.88 Å². The van der Waals surface area contributed by atoms with Gasteiger partial charge in [0.15, 0.2) is 5.82 Å². The van der Waals surface area contributed by atoms with Gasteiger partial charge in [-0.05, 0) is 50.2 Å². The lowest BCUT2D eigenvalue weighted by atomic mass is 9.95. The molecule has 2 aromatic heterocycles. The minimum Gasteiger partial charge on any atom is -0.461 e. The first-order valence-electron chi connectivity index (χ1n) is 14.5. The van der Waals surface area contributed by atoms with Gasteiger partial charge in [-0.2, -0.15) is 9.97 Å². The molecule has 1 N–H and O–H groups in total. The van der Waals surface area contributed by atoms with Gasteiger partial charge in [0.1, 0.15) is 23.6 Å². The Morgan fingerprint density at radius 2 is 1.80 bits per heavy atom. The number of aromatic nitrogens is 3. The molecule has 4 aliphatic heterocycles. The van der Waals surface area contributed by atoms with E-state index in [0.717, 1.165) is 49.8 Å². The lowest BCUT2D eigenvalue weighted by Gasteiger charge is -2.34. The number of anilines is 1. The molecule has 4 aliphatic rings. The number of ether oxygens (including phenoxy) is 1. The summed E-state index contributed by atoms with van der Waals surface area (Å²) >= 11 is 0. The van der Waals surface area contributed by atoms with Crippen molar-refractivity contribution < 1.29 is 9.13 Å². The Kier molecular flexibility index (Phi) is 5.73. The molecule has 2 bridgehead atoms. The van der Waals surface area contributed by atoms with E-state index in [-0.39, 0.29) is 34.8 Å². The van der Waals surface area contributed by atoms with Crippen LogP contribution in [0.25, 0.3) is 32.9 Å². The molecular weight excluding hydrogens is 515 g/mol. The predicted molar refractivity (Wildman–Crippen MR) is 158 cm³/mol. The highest BCUT2D eigenvalue weighted by atomic mass is 19.1. The SMILES string of the molecule is C#Cc1cccc2cccc(-c3ncc4c(N5C[C@H]6C=C[C@@H](C5)N6)nc(OCC56CCCN5CCC6)nc4c3F)c12. The molecule has 0 spiro atoms. The zero-order valence-corrected chi connectivity index (χ0v) is 22.8. The third kappa shape index (κ3) is 3.98. The van der Waals surface area contributed by atoms with Crippen molar-refractivity contribution in [2.45, 2.75) is 43.3 Å². The van der Waals surface area contributed by atoms with E-state index >= 15 is 4.39 Å². The molecule has 0 saturated carbocycles. The summed E-state index contributed by atoms with van der Waals surface area (Å²) in [4.78, 5) is 19.0. The Morgan fingerprint density at radius 3 is 2.56 bits per heavy atom. The van der Waals surface area contributed by atoms with Crippen molar-refractivity contribution in [1.82, 2.24) is 25.2 Å². The molecule has 3 fully saturated rings. The monoisotopic (exact) mass is 546 g/mol. The highest BCUT2D eigenvalue weighted by Crippen LogP contribution is 2.40. The van der Waals surface area contributed by atoms with Crippen molar-refractivity contribution in [3.05, 3.63) is 66.1 Å². The van der Waals surface area contributed by atoms with Gasteiger partial charge in [0.05, 0.1) is 10.9 Å². The number of hydrogen-bond donors (Lipinski definition) is 1. The summed E-state index contributed by atoms with van der Waals surface area (Å²) < 4.78 is 23.0. The van der Waals surface area contributed by atoms with Crippen LogP contribution >= 0.6 is 0 Å².